The number of aliphatic hydroxyl groups is 1. The van der Waals surface area contributed by atoms with Gasteiger partial charge in [0.1, 0.15) is 0 Å². The molecule has 1 N–H and O–H groups in total. The highest BCUT2D eigenvalue weighted by molar-refractivity contribution is 6.01. The third-order valence-corrected chi connectivity index (χ3v) is 5.18. The van der Waals surface area contributed by atoms with E-state index in [-0.39, 0.29) is 40.8 Å². The summed E-state index contributed by atoms with van der Waals surface area (Å²) in [5, 5.41) is 9.54. The highest BCUT2D eigenvalue weighted by Gasteiger charge is 2.26. The summed E-state index contributed by atoms with van der Waals surface area (Å²) in [6.07, 6.45) is -0.368. The SMILES string of the molecule is COC(C)C(C)n1c(=O)c2cc3c(=O)n(CCO)c(=O)c3c(C)c2c1=O. The lowest BCUT2D eigenvalue weighted by Gasteiger charge is -2.18. The van der Waals surface area contributed by atoms with E-state index in [9.17, 15) is 19.2 Å². The fraction of sp³-hybridized carbons (Fsp3) is 0.444. The van der Waals surface area contributed by atoms with Crippen LogP contribution in [-0.4, -0.2) is 34.1 Å². The molecule has 3 aromatic rings. The number of aliphatic hydroxyl groups excluding tert-OH is 1. The molecule has 0 radical (unpaired) electrons. The molecule has 3 rings (SSSR count). The van der Waals surface area contributed by atoms with Gasteiger partial charge in [0, 0.05) is 7.11 Å². The van der Waals surface area contributed by atoms with Crippen LogP contribution >= 0.6 is 0 Å². The maximum Gasteiger partial charge on any atom is 0.262 e. The maximum atomic E-state index is 12.9. The minimum absolute atomic E-state index is 0.0927. The monoisotopic (exact) mass is 360 g/mol. The summed E-state index contributed by atoms with van der Waals surface area (Å²) in [5.74, 6) is 0. The van der Waals surface area contributed by atoms with E-state index in [4.69, 9.17) is 9.84 Å². The Morgan fingerprint density at radius 2 is 1.58 bits per heavy atom. The first kappa shape index (κ1) is 18.2. The highest BCUT2D eigenvalue weighted by atomic mass is 16.5. The topological polar surface area (TPSA) is 108 Å². The fourth-order valence-corrected chi connectivity index (χ4v) is 3.50. The fourth-order valence-electron chi connectivity index (χ4n) is 3.50. The van der Waals surface area contributed by atoms with Crippen molar-refractivity contribution < 1.29 is 9.84 Å². The summed E-state index contributed by atoms with van der Waals surface area (Å²) < 4.78 is 7.26. The molecule has 8 nitrogen and oxygen atoms in total. The largest absolute Gasteiger partial charge is 0.395 e. The lowest BCUT2D eigenvalue weighted by Crippen LogP contribution is -2.34. The molecule has 0 spiro atoms. The lowest BCUT2D eigenvalue weighted by molar-refractivity contribution is 0.0760. The number of fused-ring (bicyclic) bond motifs is 2. The van der Waals surface area contributed by atoms with Crippen molar-refractivity contribution in [1.29, 1.82) is 0 Å². The average Bonchev–Trinajstić information content (AvgIpc) is 3.00. The van der Waals surface area contributed by atoms with Crippen molar-refractivity contribution in [3.05, 3.63) is 53.0 Å². The van der Waals surface area contributed by atoms with Gasteiger partial charge in [-0.15, -0.1) is 0 Å². The second kappa shape index (κ2) is 6.30. The molecule has 0 amide bonds. The van der Waals surface area contributed by atoms with Crippen molar-refractivity contribution >= 4 is 21.5 Å². The van der Waals surface area contributed by atoms with Crippen molar-refractivity contribution in [1.82, 2.24) is 9.13 Å². The smallest absolute Gasteiger partial charge is 0.262 e. The zero-order chi connectivity index (χ0) is 19.3. The molecule has 2 unspecified atom stereocenters. The van der Waals surface area contributed by atoms with Crippen molar-refractivity contribution in [2.75, 3.05) is 13.7 Å². The molecule has 1 aromatic carbocycles. The van der Waals surface area contributed by atoms with E-state index < -0.39 is 28.3 Å². The molecular weight excluding hydrogens is 340 g/mol. The number of aromatic nitrogens is 2. The molecule has 0 bridgehead atoms. The second-order valence-electron chi connectivity index (χ2n) is 6.49. The van der Waals surface area contributed by atoms with Crippen molar-refractivity contribution in [2.45, 2.75) is 39.5 Å². The quantitative estimate of drug-likeness (QED) is 0.676. The standard InChI is InChI=1S/C18H20N2O6/c1-8-13-11(15(22)19(5-6-21)17(13)24)7-12-14(8)18(25)20(16(12)23)9(2)10(3)26-4/h7,9-10,21H,5-6H2,1-4H3. The number of benzene rings is 1. The minimum Gasteiger partial charge on any atom is -0.395 e. The van der Waals surface area contributed by atoms with E-state index in [1.165, 1.54) is 13.2 Å². The van der Waals surface area contributed by atoms with Crippen LogP contribution in [0.25, 0.3) is 21.5 Å². The van der Waals surface area contributed by atoms with Gasteiger partial charge in [-0.25, -0.2) is 0 Å². The Morgan fingerprint density at radius 1 is 1.00 bits per heavy atom. The van der Waals surface area contributed by atoms with Gasteiger partial charge in [0.05, 0.1) is 46.8 Å². The number of ether oxygens (including phenoxy) is 1. The zero-order valence-corrected chi connectivity index (χ0v) is 15.0. The van der Waals surface area contributed by atoms with Crippen molar-refractivity contribution in [2.24, 2.45) is 0 Å². The van der Waals surface area contributed by atoms with E-state index in [2.05, 4.69) is 0 Å². The van der Waals surface area contributed by atoms with Crippen LogP contribution in [0.4, 0.5) is 0 Å². The summed E-state index contributed by atoms with van der Waals surface area (Å²) >= 11 is 0. The van der Waals surface area contributed by atoms with Crippen LogP contribution in [0.2, 0.25) is 0 Å². The molecule has 0 aliphatic rings. The number of rotatable bonds is 5. The molecule has 0 fully saturated rings. The van der Waals surface area contributed by atoms with Gasteiger partial charge in [-0.05, 0) is 32.4 Å². The number of aryl methyl sites for hydroxylation is 1. The third kappa shape index (κ3) is 2.29. The Bertz CT molecular complexity index is 1210. The summed E-state index contributed by atoms with van der Waals surface area (Å²) in [5.41, 5.74) is -1.82. The van der Waals surface area contributed by atoms with E-state index in [0.717, 1.165) is 9.13 Å². The van der Waals surface area contributed by atoms with E-state index in [1.807, 2.05) is 0 Å². The first-order chi connectivity index (χ1) is 12.3. The molecule has 26 heavy (non-hydrogen) atoms. The van der Waals surface area contributed by atoms with Crippen LogP contribution in [0.5, 0.6) is 0 Å². The number of methoxy groups -OCH3 is 1. The predicted molar refractivity (Wildman–Crippen MR) is 97.9 cm³/mol. The molecule has 2 atom stereocenters. The van der Waals surface area contributed by atoms with Gasteiger partial charge >= 0.3 is 0 Å². The molecule has 138 valence electrons. The maximum absolute atomic E-state index is 12.9. The molecule has 2 aromatic heterocycles. The number of hydrogen-bond acceptors (Lipinski definition) is 6. The molecular formula is C18H20N2O6. The number of hydrogen-bond donors (Lipinski definition) is 1. The van der Waals surface area contributed by atoms with Crippen LogP contribution in [0, 0.1) is 6.92 Å². The summed E-state index contributed by atoms with van der Waals surface area (Å²) in [6, 6.07) is 0.818. The molecule has 8 heteroatoms. The molecule has 0 aliphatic carbocycles. The summed E-state index contributed by atoms with van der Waals surface area (Å²) in [6.45, 7) is 4.53. The number of nitrogens with zero attached hydrogens (tertiary/aromatic N) is 2. The van der Waals surface area contributed by atoms with E-state index in [0.29, 0.717) is 5.56 Å². The van der Waals surface area contributed by atoms with Gasteiger partial charge in [-0.3, -0.25) is 28.3 Å². The highest BCUT2D eigenvalue weighted by Crippen LogP contribution is 2.22. The van der Waals surface area contributed by atoms with Gasteiger partial charge in [-0.1, -0.05) is 0 Å². The first-order valence-electron chi connectivity index (χ1n) is 8.31. The first-order valence-corrected chi connectivity index (χ1v) is 8.31. The van der Waals surface area contributed by atoms with Crippen molar-refractivity contribution in [3.63, 3.8) is 0 Å². The van der Waals surface area contributed by atoms with Gasteiger partial charge in [0.15, 0.2) is 0 Å². The molecule has 0 saturated carbocycles. The van der Waals surface area contributed by atoms with Crippen LogP contribution < -0.4 is 22.2 Å². The Balaban J connectivity index is 2.48. The Kier molecular flexibility index (Phi) is 4.41. The summed E-state index contributed by atoms with van der Waals surface area (Å²) in [4.78, 5) is 50.7. The van der Waals surface area contributed by atoms with Crippen LogP contribution in [0.3, 0.4) is 0 Å². The lowest BCUT2D eigenvalue weighted by atomic mass is 10.0. The summed E-state index contributed by atoms with van der Waals surface area (Å²) in [7, 11) is 1.49. The zero-order valence-electron chi connectivity index (χ0n) is 15.0. The molecule has 0 saturated heterocycles. The van der Waals surface area contributed by atoms with Crippen LogP contribution in [-0.2, 0) is 11.3 Å². The Hall–Kier alpha value is -2.58. The Labute approximate surface area is 147 Å². The Morgan fingerprint density at radius 3 is 2.15 bits per heavy atom. The van der Waals surface area contributed by atoms with Gasteiger partial charge in [-0.2, -0.15) is 0 Å². The molecule has 0 aliphatic heterocycles. The second-order valence-corrected chi connectivity index (χ2v) is 6.49. The van der Waals surface area contributed by atoms with Crippen molar-refractivity contribution in [3.8, 4) is 0 Å². The van der Waals surface area contributed by atoms with E-state index in [1.54, 1.807) is 20.8 Å². The third-order valence-electron chi connectivity index (χ3n) is 5.18. The van der Waals surface area contributed by atoms with Gasteiger partial charge in [0.25, 0.3) is 22.2 Å². The van der Waals surface area contributed by atoms with E-state index >= 15 is 0 Å². The minimum atomic E-state index is -0.568. The van der Waals surface area contributed by atoms with Crippen LogP contribution in [0.15, 0.2) is 25.2 Å². The predicted octanol–water partition coefficient (Wildman–Crippen LogP) is -0.191. The molecule has 2 heterocycles. The average molecular weight is 360 g/mol. The van der Waals surface area contributed by atoms with Gasteiger partial charge in [0.2, 0.25) is 0 Å². The van der Waals surface area contributed by atoms with Gasteiger partial charge < -0.3 is 9.84 Å². The normalized spacial score (nSPS) is 14.3. The van der Waals surface area contributed by atoms with Crippen LogP contribution in [0.1, 0.15) is 25.5 Å².